The molecule has 0 radical (unpaired) electrons. The molecule has 1 aromatic carbocycles. The lowest BCUT2D eigenvalue weighted by Crippen LogP contribution is -2.48. The number of ether oxygens (including phenoxy) is 1. The van der Waals surface area contributed by atoms with E-state index in [4.69, 9.17) is 4.74 Å². The maximum atomic E-state index is 13.3. The number of hydrogen-bond donors (Lipinski definition) is 0. The fourth-order valence-corrected chi connectivity index (χ4v) is 6.17. The highest BCUT2D eigenvalue weighted by atomic mass is 32.1. The van der Waals surface area contributed by atoms with Crippen LogP contribution in [0.15, 0.2) is 35.0 Å². The summed E-state index contributed by atoms with van der Waals surface area (Å²) in [7, 11) is 0. The first-order valence-corrected chi connectivity index (χ1v) is 13.6. The molecule has 0 aliphatic carbocycles. The maximum Gasteiger partial charge on any atom is 0.236 e. The Morgan fingerprint density at radius 3 is 2.56 bits per heavy atom. The van der Waals surface area contributed by atoms with Crippen molar-refractivity contribution in [1.82, 2.24) is 14.7 Å². The van der Waals surface area contributed by atoms with Crippen LogP contribution in [0.1, 0.15) is 54.9 Å². The third-order valence-corrected chi connectivity index (χ3v) is 8.14. The molecule has 182 valence electrons. The van der Waals surface area contributed by atoms with Crippen LogP contribution >= 0.6 is 11.3 Å². The Bertz CT molecular complexity index is 995. The van der Waals surface area contributed by atoms with E-state index in [-0.39, 0.29) is 17.9 Å². The first-order chi connectivity index (χ1) is 16.6. The second-order valence-electron chi connectivity index (χ2n) is 9.98. The zero-order valence-corrected chi connectivity index (χ0v) is 20.9. The monoisotopic (exact) mass is 481 g/mol. The second-order valence-corrected chi connectivity index (χ2v) is 10.8. The van der Waals surface area contributed by atoms with Crippen molar-refractivity contribution in [2.75, 3.05) is 39.3 Å². The first-order valence-electron chi connectivity index (χ1n) is 12.6. The Morgan fingerprint density at radius 1 is 1.03 bits per heavy atom. The van der Waals surface area contributed by atoms with E-state index in [1.54, 1.807) is 11.3 Å². The van der Waals surface area contributed by atoms with Crippen molar-refractivity contribution in [2.45, 2.75) is 51.7 Å². The summed E-state index contributed by atoms with van der Waals surface area (Å²) < 4.78 is 6.41. The second kappa shape index (κ2) is 10.5. The summed E-state index contributed by atoms with van der Waals surface area (Å²) in [5.41, 5.74) is 3.49. The number of rotatable bonds is 4. The highest BCUT2D eigenvalue weighted by molar-refractivity contribution is 7.07. The molecule has 2 aromatic rings. The molecule has 5 rings (SSSR count). The zero-order valence-electron chi connectivity index (χ0n) is 20.1. The predicted octanol–water partition coefficient (Wildman–Crippen LogP) is 4.24. The van der Waals surface area contributed by atoms with E-state index >= 15 is 0 Å². The summed E-state index contributed by atoms with van der Waals surface area (Å²) in [5.74, 6) is 1.45. The van der Waals surface area contributed by atoms with E-state index in [0.29, 0.717) is 38.6 Å². The fourth-order valence-electron chi connectivity index (χ4n) is 5.47. The number of hydrogen-bond acceptors (Lipinski definition) is 5. The summed E-state index contributed by atoms with van der Waals surface area (Å²) in [6.45, 7) is 7.01. The van der Waals surface area contributed by atoms with Crippen LogP contribution in [0.5, 0.6) is 5.75 Å². The van der Waals surface area contributed by atoms with Gasteiger partial charge in [0.05, 0.1) is 6.54 Å². The van der Waals surface area contributed by atoms with Crippen LogP contribution in [0.2, 0.25) is 0 Å². The molecule has 0 N–H and O–H groups in total. The molecular weight excluding hydrogens is 446 g/mol. The summed E-state index contributed by atoms with van der Waals surface area (Å²) in [4.78, 5) is 32.4. The topological polar surface area (TPSA) is 53.1 Å². The lowest BCUT2D eigenvalue weighted by atomic mass is 9.94. The van der Waals surface area contributed by atoms with Gasteiger partial charge in [-0.15, -0.1) is 0 Å². The number of thiophene rings is 1. The number of likely N-dealkylation sites (tertiary alicyclic amines) is 2. The molecule has 7 heteroatoms. The van der Waals surface area contributed by atoms with E-state index in [1.165, 1.54) is 12.0 Å². The van der Waals surface area contributed by atoms with Crippen LogP contribution in [-0.4, -0.2) is 65.8 Å². The molecule has 4 heterocycles. The molecule has 2 amide bonds. The standard InChI is InChI=1S/C27H35N3O3S/c1-20-5-6-24-23(15-20)16-28(17-25(33-24)22-9-14-34-19-22)18-26(31)29-12-7-21(8-13-29)27(32)30-10-3-2-4-11-30/h5-6,9,14-15,19,21,25H,2-4,7-8,10-13,16-18H2,1H3. The molecule has 2 fully saturated rings. The smallest absolute Gasteiger partial charge is 0.236 e. The van der Waals surface area contributed by atoms with E-state index in [1.807, 2.05) is 9.80 Å². The summed E-state index contributed by atoms with van der Waals surface area (Å²) in [6, 6.07) is 8.41. The normalized spacial score (nSPS) is 22.1. The van der Waals surface area contributed by atoms with Gasteiger partial charge in [0, 0.05) is 56.3 Å². The van der Waals surface area contributed by atoms with Gasteiger partial charge in [0.2, 0.25) is 11.8 Å². The SMILES string of the molecule is Cc1ccc2c(c1)CN(CC(=O)N1CCC(C(=O)N3CCCCC3)CC1)CC(c1ccsc1)O2. The van der Waals surface area contributed by atoms with Crippen molar-refractivity contribution >= 4 is 23.2 Å². The Kier molecular flexibility index (Phi) is 7.21. The number of amides is 2. The van der Waals surface area contributed by atoms with Crippen molar-refractivity contribution in [3.63, 3.8) is 0 Å². The molecule has 3 aliphatic heterocycles. The molecule has 1 aromatic heterocycles. The van der Waals surface area contributed by atoms with Crippen molar-refractivity contribution < 1.29 is 14.3 Å². The van der Waals surface area contributed by atoms with Gasteiger partial charge in [-0.1, -0.05) is 17.7 Å². The van der Waals surface area contributed by atoms with Gasteiger partial charge in [-0.2, -0.15) is 11.3 Å². The van der Waals surface area contributed by atoms with Crippen LogP contribution in [0, 0.1) is 12.8 Å². The van der Waals surface area contributed by atoms with Gasteiger partial charge in [-0.3, -0.25) is 14.5 Å². The molecule has 6 nitrogen and oxygen atoms in total. The van der Waals surface area contributed by atoms with Crippen molar-refractivity contribution in [3.05, 3.63) is 51.7 Å². The molecule has 3 aliphatic rings. The summed E-state index contributed by atoms with van der Waals surface area (Å²) >= 11 is 1.67. The van der Waals surface area contributed by atoms with E-state index in [9.17, 15) is 9.59 Å². The molecule has 2 saturated heterocycles. The highest BCUT2D eigenvalue weighted by Crippen LogP contribution is 2.33. The predicted molar refractivity (Wildman–Crippen MR) is 134 cm³/mol. The van der Waals surface area contributed by atoms with E-state index < -0.39 is 0 Å². The number of fused-ring (bicyclic) bond motifs is 1. The number of benzene rings is 1. The van der Waals surface area contributed by atoms with Crippen LogP contribution < -0.4 is 4.74 Å². The Labute approximate surface area is 206 Å². The molecule has 0 saturated carbocycles. The molecular formula is C27H35N3O3S. The molecule has 34 heavy (non-hydrogen) atoms. The number of carbonyl (C=O) groups is 2. The van der Waals surface area contributed by atoms with Gasteiger partial charge < -0.3 is 14.5 Å². The minimum Gasteiger partial charge on any atom is -0.484 e. The average molecular weight is 482 g/mol. The fraction of sp³-hybridized carbons (Fsp3) is 0.556. The quantitative estimate of drug-likeness (QED) is 0.655. The minimum absolute atomic E-state index is 0.0755. The molecule has 0 bridgehead atoms. The van der Waals surface area contributed by atoms with Crippen molar-refractivity contribution in [3.8, 4) is 5.75 Å². The van der Waals surface area contributed by atoms with E-state index in [2.05, 4.69) is 46.8 Å². The van der Waals surface area contributed by atoms with Gasteiger partial charge in [0.1, 0.15) is 11.9 Å². The lowest BCUT2D eigenvalue weighted by molar-refractivity contribution is -0.142. The van der Waals surface area contributed by atoms with Crippen molar-refractivity contribution in [1.29, 1.82) is 0 Å². The van der Waals surface area contributed by atoms with Gasteiger partial charge in [0.15, 0.2) is 0 Å². The van der Waals surface area contributed by atoms with Crippen LogP contribution in [-0.2, 0) is 16.1 Å². The number of nitrogens with zero attached hydrogens (tertiary/aromatic N) is 3. The van der Waals surface area contributed by atoms with Crippen LogP contribution in [0.25, 0.3) is 0 Å². The van der Waals surface area contributed by atoms with Gasteiger partial charge in [-0.25, -0.2) is 0 Å². The van der Waals surface area contributed by atoms with Gasteiger partial charge in [-0.05, 0) is 61.9 Å². The third kappa shape index (κ3) is 5.31. The highest BCUT2D eigenvalue weighted by Gasteiger charge is 2.32. The number of piperidine rings is 2. The van der Waals surface area contributed by atoms with Crippen LogP contribution in [0.3, 0.4) is 0 Å². The molecule has 1 unspecified atom stereocenters. The zero-order chi connectivity index (χ0) is 23.5. The van der Waals surface area contributed by atoms with Gasteiger partial charge >= 0.3 is 0 Å². The van der Waals surface area contributed by atoms with Crippen LogP contribution in [0.4, 0.5) is 0 Å². The Balaban J connectivity index is 1.21. The molecule has 1 atom stereocenters. The molecule has 0 spiro atoms. The summed E-state index contributed by atoms with van der Waals surface area (Å²) in [6.07, 6.45) is 4.95. The third-order valence-electron chi connectivity index (χ3n) is 7.44. The lowest BCUT2D eigenvalue weighted by Gasteiger charge is -2.36. The Morgan fingerprint density at radius 2 is 1.82 bits per heavy atom. The van der Waals surface area contributed by atoms with Crippen molar-refractivity contribution in [2.24, 2.45) is 5.92 Å². The average Bonchev–Trinajstić information content (AvgIpc) is 3.34. The van der Waals surface area contributed by atoms with E-state index in [0.717, 1.165) is 55.6 Å². The minimum atomic E-state index is -0.0871. The maximum absolute atomic E-state index is 13.3. The number of aryl methyl sites for hydroxylation is 1. The summed E-state index contributed by atoms with van der Waals surface area (Å²) in [5, 5.41) is 4.21. The largest absolute Gasteiger partial charge is 0.484 e. The first kappa shape index (κ1) is 23.4. The number of carbonyl (C=O) groups excluding carboxylic acids is 2. The Hall–Kier alpha value is -2.38. The van der Waals surface area contributed by atoms with Gasteiger partial charge in [0.25, 0.3) is 0 Å².